The van der Waals surface area contributed by atoms with Crippen molar-refractivity contribution in [2.24, 2.45) is 0 Å². The van der Waals surface area contributed by atoms with Gasteiger partial charge in [0.1, 0.15) is 0 Å². The van der Waals surface area contributed by atoms with E-state index in [1.807, 2.05) is 6.92 Å². The van der Waals surface area contributed by atoms with Crippen LogP contribution in [0.1, 0.15) is 26.2 Å². The Morgan fingerprint density at radius 2 is 2.33 bits per heavy atom. The first-order valence-corrected chi connectivity index (χ1v) is 4.29. The predicted octanol–water partition coefficient (Wildman–Crippen LogP) is 0.840. The smallest absolute Gasteiger partial charge is 0.243 e. The van der Waals surface area contributed by atoms with Crippen molar-refractivity contribution in [2.45, 2.75) is 32.3 Å². The molecule has 0 radical (unpaired) electrons. The summed E-state index contributed by atoms with van der Waals surface area (Å²) in [5, 5.41) is 11.9. The monoisotopic (exact) mass is 171 g/mol. The second-order valence-electron chi connectivity index (χ2n) is 2.73. The van der Waals surface area contributed by atoms with Crippen LogP contribution in [0.25, 0.3) is 0 Å². The van der Waals surface area contributed by atoms with Gasteiger partial charge in [-0.1, -0.05) is 19.9 Å². The molecule has 0 heterocycles. The van der Waals surface area contributed by atoms with Gasteiger partial charge in [-0.25, -0.2) is 0 Å². The van der Waals surface area contributed by atoms with Crippen LogP contribution in [0.5, 0.6) is 0 Å². The average molecular weight is 171 g/mol. The molecule has 0 aliphatic heterocycles. The fourth-order valence-electron chi connectivity index (χ4n) is 0.912. The molecule has 0 aromatic carbocycles. The van der Waals surface area contributed by atoms with Crippen LogP contribution in [0.15, 0.2) is 12.7 Å². The van der Waals surface area contributed by atoms with E-state index in [4.69, 9.17) is 0 Å². The Labute approximate surface area is 73.5 Å². The highest BCUT2D eigenvalue weighted by Gasteiger charge is 2.01. The Balaban J connectivity index is 3.30. The summed E-state index contributed by atoms with van der Waals surface area (Å²) in [5.41, 5.74) is 0. The maximum atomic E-state index is 10.6. The summed E-state index contributed by atoms with van der Waals surface area (Å²) in [4.78, 5) is 10.6. The lowest BCUT2D eigenvalue weighted by Crippen LogP contribution is -2.25. The molecule has 0 aliphatic carbocycles. The second kappa shape index (κ2) is 6.85. The van der Waals surface area contributed by atoms with Crippen LogP contribution < -0.4 is 5.32 Å². The third-order valence-corrected chi connectivity index (χ3v) is 1.58. The zero-order valence-corrected chi connectivity index (χ0v) is 7.55. The summed E-state index contributed by atoms with van der Waals surface area (Å²) >= 11 is 0. The lowest BCUT2D eigenvalue weighted by molar-refractivity contribution is -0.116. The Bertz CT molecular complexity index is 145. The fourth-order valence-corrected chi connectivity index (χ4v) is 0.912. The Morgan fingerprint density at radius 1 is 1.67 bits per heavy atom. The number of aliphatic hydroxyl groups is 1. The van der Waals surface area contributed by atoms with Crippen LogP contribution in [0, 0.1) is 0 Å². The van der Waals surface area contributed by atoms with Crippen molar-refractivity contribution < 1.29 is 9.90 Å². The lowest BCUT2D eigenvalue weighted by atomic mass is 10.1. The number of carbonyl (C=O) groups is 1. The molecule has 0 spiro atoms. The van der Waals surface area contributed by atoms with Gasteiger partial charge >= 0.3 is 0 Å². The van der Waals surface area contributed by atoms with Gasteiger partial charge in [0, 0.05) is 6.54 Å². The third-order valence-electron chi connectivity index (χ3n) is 1.58. The van der Waals surface area contributed by atoms with Gasteiger partial charge in [0.25, 0.3) is 0 Å². The van der Waals surface area contributed by atoms with Crippen molar-refractivity contribution in [3.63, 3.8) is 0 Å². The second-order valence-corrected chi connectivity index (χ2v) is 2.73. The standard InChI is InChI=1S/C9H17NO2/c1-3-5-8(11)6-7-10-9(12)4-2/h4,8,11H,2-3,5-7H2,1H3,(H,10,12). The molecule has 1 amide bonds. The Morgan fingerprint density at radius 3 is 2.83 bits per heavy atom. The maximum Gasteiger partial charge on any atom is 0.243 e. The van der Waals surface area contributed by atoms with Crippen LogP contribution >= 0.6 is 0 Å². The highest BCUT2D eigenvalue weighted by atomic mass is 16.3. The van der Waals surface area contributed by atoms with Crippen molar-refractivity contribution in [3.8, 4) is 0 Å². The molecule has 1 unspecified atom stereocenters. The van der Waals surface area contributed by atoms with Gasteiger partial charge in [0.15, 0.2) is 0 Å². The predicted molar refractivity (Wildman–Crippen MR) is 48.7 cm³/mol. The van der Waals surface area contributed by atoms with Gasteiger partial charge < -0.3 is 10.4 Å². The van der Waals surface area contributed by atoms with E-state index in [0.29, 0.717) is 13.0 Å². The summed E-state index contributed by atoms with van der Waals surface area (Å²) in [6, 6.07) is 0. The fraction of sp³-hybridized carbons (Fsp3) is 0.667. The summed E-state index contributed by atoms with van der Waals surface area (Å²) in [5.74, 6) is -0.182. The molecule has 70 valence electrons. The third kappa shape index (κ3) is 5.92. The normalized spacial score (nSPS) is 12.2. The summed E-state index contributed by atoms with van der Waals surface area (Å²) in [7, 11) is 0. The lowest BCUT2D eigenvalue weighted by Gasteiger charge is -2.08. The SMILES string of the molecule is C=CC(=O)NCCC(O)CCC. The first kappa shape index (κ1) is 11.2. The molecule has 12 heavy (non-hydrogen) atoms. The molecule has 3 nitrogen and oxygen atoms in total. The van der Waals surface area contributed by atoms with Gasteiger partial charge in [0.2, 0.25) is 5.91 Å². The molecule has 0 rings (SSSR count). The van der Waals surface area contributed by atoms with E-state index in [-0.39, 0.29) is 12.0 Å². The van der Waals surface area contributed by atoms with E-state index in [0.717, 1.165) is 12.8 Å². The van der Waals surface area contributed by atoms with Crippen molar-refractivity contribution in [1.82, 2.24) is 5.32 Å². The van der Waals surface area contributed by atoms with Gasteiger partial charge in [0.05, 0.1) is 6.10 Å². The molecule has 0 fully saturated rings. The zero-order valence-electron chi connectivity index (χ0n) is 7.55. The first-order valence-electron chi connectivity index (χ1n) is 4.29. The van der Waals surface area contributed by atoms with Crippen LogP contribution in [-0.4, -0.2) is 23.7 Å². The Kier molecular flexibility index (Phi) is 6.38. The molecule has 0 aromatic rings. The molecule has 0 aliphatic rings. The largest absolute Gasteiger partial charge is 0.393 e. The van der Waals surface area contributed by atoms with Gasteiger partial charge in [-0.3, -0.25) is 4.79 Å². The molecular formula is C9H17NO2. The highest BCUT2D eigenvalue weighted by molar-refractivity contribution is 5.86. The topological polar surface area (TPSA) is 49.3 Å². The minimum absolute atomic E-state index is 0.182. The molecule has 2 N–H and O–H groups in total. The number of carbonyl (C=O) groups excluding carboxylic acids is 1. The summed E-state index contributed by atoms with van der Waals surface area (Å²) < 4.78 is 0. The van der Waals surface area contributed by atoms with Crippen molar-refractivity contribution >= 4 is 5.91 Å². The van der Waals surface area contributed by atoms with E-state index >= 15 is 0 Å². The highest BCUT2D eigenvalue weighted by Crippen LogP contribution is 1.99. The number of hydrogen-bond donors (Lipinski definition) is 2. The molecule has 0 bridgehead atoms. The van der Waals surface area contributed by atoms with E-state index < -0.39 is 0 Å². The summed E-state index contributed by atoms with van der Waals surface area (Å²) in [6.07, 6.45) is 3.32. The van der Waals surface area contributed by atoms with Crippen molar-refractivity contribution in [2.75, 3.05) is 6.54 Å². The summed E-state index contributed by atoms with van der Waals surface area (Å²) in [6.45, 7) is 5.86. The zero-order chi connectivity index (χ0) is 9.40. The van der Waals surface area contributed by atoms with E-state index in [1.165, 1.54) is 6.08 Å². The van der Waals surface area contributed by atoms with Crippen LogP contribution in [0.4, 0.5) is 0 Å². The Hall–Kier alpha value is -0.830. The number of nitrogens with one attached hydrogen (secondary N) is 1. The van der Waals surface area contributed by atoms with Crippen molar-refractivity contribution in [1.29, 1.82) is 0 Å². The van der Waals surface area contributed by atoms with Gasteiger partial charge in [-0.2, -0.15) is 0 Å². The first-order chi connectivity index (χ1) is 5.70. The average Bonchev–Trinajstić information content (AvgIpc) is 2.04. The maximum absolute atomic E-state index is 10.6. The molecule has 1 atom stereocenters. The molecule has 0 saturated carbocycles. The molecule has 3 heteroatoms. The number of aliphatic hydroxyl groups excluding tert-OH is 1. The molecule has 0 aromatic heterocycles. The van der Waals surface area contributed by atoms with Gasteiger partial charge in [-0.15, -0.1) is 0 Å². The molecular weight excluding hydrogens is 154 g/mol. The number of rotatable bonds is 6. The minimum atomic E-state index is -0.292. The van der Waals surface area contributed by atoms with E-state index in [2.05, 4.69) is 11.9 Å². The number of amides is 1. The van der Waals surface area contributed by atoms with Gasteiger partial charge in [-0.05, 0) is 18.9 Å². The minimum Gasteiger partial charge on any atom is -0.393 e. The number of hydrogen-bond acceptors (Lipinski definition) is 2. The van der Waals surface area contributed by atoms with E-state index in [1.54, 1.807) is 0 Å². The van der Waals surface area contributed by atoms with Crippen LogP contribution in [0.2, 0.25) is 0 Å². The molecule has 0 saturated heterocycles. The van der Waals surface area contributed by atoms with Crippen LogP contribution in [0.3, 0.4) is 0 Å². The quantitative estimate of drug-likeness (QED) is 0.582. The van der Waals surface area contributed by atoms with Crippen LogP contribution in [-0.2, 0) is 4.79 Å². The van der Waals surface area contributed by atoms with E-state index in [9.17, 15) is 9.90 Å². The van der Waals surface area contributed by atoms with Crippen molar-refractivity contribution in [3.05, 3.63) is 12.7 Å².